The van der Waals surface area contributed by atoms with Crippen LogP contribution in [0.5, 0.6) is 0 Å². The largest absolute Gasteiger partial charge is 0.458 e. The van der Waals surface area contributed by atoms with E-state index in [1.165, 1.54) is 0 Å². The SMILES string of the molecule is CCCCCC[C@@H](NC(=O)c1ccccc1)C(=O)OC(C)(C)C. The first-order valence-electron chi connectivity index (χ1n) is 8.42. The molecule has 1 atom stereocenters. The van der Waals surface area contributed by atoms with Gasteiger partial charge in [0, 0.05) is 5.56 Å². The van der Waals surface area contributed by atoms with Gasteiger partial charge in [0.15, 0.2) is 0 Å². The Balaban J connectivity index is 2.69. The zero-order chi connectivity index (χ0) is 17.3. The highest BCUT2D eigenvalue weighted by Crippen LogP contribution is 2.13. The lowest BCUT2D eigenvalue weighted by Gasteiger charge is -2.24. The minimum Gasteiger partial charge on any atom is -0.458 e. The van der Waals surface area contributed by atoms with Crippen molar-refractivity contribution >= 4 is 11.9 Å². The summed E-state index contributed by atoms with van der Waals surface area (Å²) >= 11 is 0. The number of hydrogen-bond acceptors (Lipinski definition) is 3. The highest BCUT2D eigenvalue weighted by molar-refractivity contribution is 5.96. The Morgan fingerprint density at radius 3 is 2.30 bits per heavy atom. The fourth-order valence-corrected chi connectivity index (χ4v) is 2.23. The third kappa shape index (κ3) is 7.82. The number of esters is 1. The number of rotatable bonds is 8. The van der Waals surface area contributed by atoms with Gasteiger partial charge in [-0.2, -0.15) is 0 Å². The third-order valence-corrected chi connectivity index (χ3v) is 3.38. The summed E-state index contributed by atoms with van der Waals surface area (Å²) < 4.78 is 5.44. The Labute approximate surface area is 139 Å². The topological polar surface area (TPSA) is 55.4 Å². The number of benzene rings is 1. The minimum absolute atomic E-state index is 0.239. The van der Waals surface area contributed by atoms with E-state index in [0.717, 1.165) is 25.7 Å². The van der Waals surface area contributed by atoms with E-state index in [2.05, 4.69) is 12.2 Å². The van der Waals surface area contributed by atoms with Gasteiger partial charge in [0.05, 0.1) is 0 Å². The average Bonchev–Trinajstić information content (AvgIpc) is 2.49. The van der Waals surface area contributed by atoms with Gasteiger partial charge in [0.1, 0.15) is 11.6 Å². The summed E-state index contributed by atoms with van der Waals surface area (Å²) in [5, 5.41) is 2.82. The van der Waals surface area contributed by atoms with Crippen LogP contribution in [0.4, 0.5) is 0 Å². The molecule has 0 aliphatic heterocycles. The highest BCUT2D eigenvalue weighted by atomic mass is 16.6. The van der Waals surface area contributed by atoms with Gasteiger partial charge < -0.3 is 10.1 Å². The van der Waals surface area contributed by atoms with Gasteiger partial charge in [0.25, 0.3) is 5.91 Å². The molecule has 1 amide bonds. The summed E-state index contributed by atoms with van der Waals surface area (Å²) in [5.74, 6) is -0.602. The Kier molecular flexibility index (Phi) is 7.79. The third-order valence-electron chi connectivity index (χ3n) is 3.38. The smallest absolute Gasteiger partial charge is 0.329 e. The Bertz CT molecular complexity index is 491. The van der Waals surface area contributed by atoms with Crippen LogP contribution in [-0.2, 0) is 9.53 Å². The predicted molar refractivity (Wildman–Crippen MR) is 92.3 cm³/mol. The van der Waals surface area contributed by atoms with Crippen molar-refractivity contribution in [1.29, 1.82) is 0 Å². The monoisotopic (exact) mass is 319 g/mol. The Hall–Kier alpha value is -1.84. The lowest BCUT2D eigenvalue weighted by atomic mass is 10.1. The molecule has 4 nitrogen and oxygen atoms in total. The van der Waals surface area contributed by atoms with E-state index in [4.69, 9.17) is 4.74 Å². The fourth-order valence-electron chi connectivity index (χ4n) is 2.23. The lowest BCUT2D eigenvalue weighted by molar-refractivity contribution is -0.157. The highest BCUT2D eigenvalue weighted by Gasteiger charge is 2.26. The van der Waals surface area contributed by atoms with Crippen molar-refractivity contribution in [2.45, 2.75) is 71.4 Å². The van der Waals surface area contributed by atoms with Crippen molar-refractivity contribution in [3.05, 3.63) is 35.9 Å². The molecule has 1 rings (SSSR count). The summed E-state index contributed by atoms with van der Waals surface area (Å²) in [6.07, 6.45) is 4.82. The van der Waals surface area contributed by atoms with Gasteiger partial charge in [-0.25, -0.2) is 4.79 Å². The summed E-state index contributed by atoms with van der Waals surface area (Å²) in [5.41, 5.74) is -0.00873. The summed E-state index contributed by atoms with van der Waals surface area (Å²) in [4.78, 5) is 24.6. The van der Waals surface area contributed by atoms with Gasteiger partial charge in [0.2, 0.25) is 0 Å². The Morgan fingerprint density at radius 2 is 1.74 bits per heavy atom. The molecule has 0 aromatic heterocycles. The normalized spacial score (nSPS) is 12.5. The number of carbonyl (C=O) groups is 2. The standard InChI is InChI=1S/C19H29NO3/c1-5-6-7-11-14-16(18(22)23-19(2,3)4)20-17(21)15-12-9-8-10-13-15/h8-10,12-13,16H,5-7,11,14H2,1-4H3,(H,20,21)/t16-/m1/s1. The van der Waals surface area contributed by atoms with Crippen LogP contribution in [0.25, 0.3) is 0 Å². The van der Waals surface area contributed by atoms with Crippen LogP contribution in [0.3, 0.4) is 0 Å². The van der Waals surface area contributed by atoms with E-state index in [0.29, 0.717) is 12.0 Å². The van der Waals surface area contributed by atoms with E-state index < -0.39 is 11.6 Å². The summed E-state index contributed by atoms with van der Waals surface area (Å²) in [6, 6.07) is 8.33. The molecule has 128 valence electrons. The van der Waals surface area contributed by atoms with Crippen molar-refractivity contribution in [3.63, 3.8) is 0 Å². The first kappa shape index (κ1) is 19.2. The molecule has 0 aliphatic rings. The second-order valence-corrected chi connectivity index (χ2v) is 6.77. The molecular formula is C19H29NO3. The van der Waals surface area contributed by atoms with E-state index in [1.807, 2.05) is 26.8 Å². The van der Waals surface area contributed by atoms with Crippen molar-refractivity contribution in [3.8, 4) is 0 Å². The molecule has 4 heteroatoms. The molecule has 0 saturated heterocycles. The van der Waals surface area contributed by atoms with E-state index >= 15 is 0 Å². The maximum Gasteiger partial charge on any atom is 0.329 e. The number of nitrogens with one attached hydrogen (secondary N) is 1. The zero-order valence-electron chi connectivity index (χ0n) is 14.7. The molecule has 0 saturated carbocycles. The van der Waals surface area contributed by atoms with Crippen LogP contribution in [0.2, 0.25) is 0 Å². The molecule has 0 fully saturated rings. The average molecular weight is 319 g/mol. The summed E-state index contributed by atoms with van der Waals surface area (Å²) in [7, 11) is 0. The van der Waals surface area contributed by atoms with Crippen molar-refractivity contribution in [2.24, 2.45) is 0 Å². The molecule has 23 heavy (non-hydrogen) atoms. The van der Waals surface area contributed by atoms with Crippen LogP contribution in [0.1, 0.15) is 70.2 Å². The molecular weight excluding hydrogens is 290 g/mol. The quantitative estimate of drug-likeness (QED) is 0.580. The van der Waals surface area contributed by atoms with Gasteiger partial charge in [-0.15, -0.1) is 0 Å². The predicted octanol–water partition coefficient (Wildman–Crippen LogP) is 4.10. The number of amides is 1. The molecule has 1 aromatic carbocycles. The maximum atomic E-state index is 12.4. The van der Waals surface area contributed by atoms with Gasteiger partial charge >= 0.3 is 5.97 Å². The number of hydrogen-bond donors (Lipinski definition) is 1. The van der Waals surface area contributed by atoms with Crippen LogP contribution < -0.4 is 5.32 Å². The van der Waals surface area contributed by atoms with Crippen molar-refractivity contribution in [1.82, 2.24) is 5.32 Å². The van der Waals surface area contributed by atoms with Crippen LogP contribution in [-0.4, -0.2) is 23.5 Å². The first-order valence-corrected chi connectivity index (χ1v) is 8.42. The molecule has 1 N–H and O–H groups in total. The van der Waals surface area contributed by atoms with E-state index in [1.54, 1.807) is 24.3 Å². The summed E-state index contributed by atoms with van der Waals surface area (Å²) in [6.45, 7) is 7.64. The minimum atomic E-state index is -0.598. The second-order valence-electron chi connectivity index (χ2n) is 6.77. The van der Waals surface area contributed by atoms with E-state index in [9.17, 15) is 9.59 Å². The molecule has 0 bridgehead atoms. The Morgan fingerprint density at radius 1 is 1.09 bits per heavy atom. The molecule has 0 unspecified atom stereocenters. The molecule has 0 spiro atoms. The van der Waals surface area contributed by atoms with E-state index in [-0.39, 0.29) is 11.9 Å². The fraction of sp³-hybridized carbons (Fsp3) is 0.579. The van der Waals surface area contributed by atoms with Gasteiger partial charge in [-0.05, 0) is 39.3 Å². The number of unbranched alkanes of at least 4 members (excludes halogenated alkanes) is 3. The maximum absolute atomic E-state index is 12.4. The van der Waals surface area contributed by atoms with Crippen LogP contribution >= 0.6 is 0 Å². The molecule has 1 aromatic rings. The van der Waals surface area contributed by atoms with Gasteiger partial charge in [-0.3, -0.25) is 4.79 Å². The molecule has 0 aliphatic carbocycles. The lowest BCUT2D eigenvalue weighted by Crippen LogP contribution is -2.44. The first-order chi connectivity index (χ1) is 10.8. The van der Waals surface area contributed by atoms with Crippen LogP contribution in [0, 0.1) is 0 Å². The molecule has 0 heterocycles. The van der Waals surface area contributed by atoms with Crippen molar-refractivity contribution in [2.75, 3.05) is 0 Å². The zero-order valence-corrected chi connectivity index (χ0v) is 14.7. The second kappa shape index (κ2) is 9.33. The van der Waals surface area contributed by atoms with Gasteiger partial charge in [-0.1, -0.05) is 50.8 Å². The number of ether oxygens (including phenoxy) is 1. The van der Waals surface area contributed by atoms with Crippen molar-refractivity contribution < 1.29 is 14.3 Å². The number of carbonyl (C=O) groups excluding carboxylic acids is 2. The molecule has 0 radical (unpaired) electrons. The van der Waals surface area contributed by atoms with Crippen LogP contribution in [0.15, 0.2) is 30.3 Å².